The van der Waals surface area contributed by atoms with Crippen LogP contribution in [0.5, 0.6) is 0 Å². The van der Waals surface area contributed by atoms with Crippen LogP contribution in [0.25, 0.3) is 17.2 Å². The summed E-state index contributed by atoms with van der Waals surface area (Å²) in [5, 5.41) is 3.00. The predicted molar refractivity (Wildman–Crippen MR) is 134 cm³/mol. The lowest BCUT2D eigenvalue weighted by Gasteiger charge is -2.47. The van der Waals surface area contributed by atoms with Gasteiger partial charge in [-0.3, -0.25) is 9.78 Å². The van der Waals surface area contributed by atoms with Gasteiger partial charge in [0.25, 0.3) is 0 Å². The Morgan fingerprint density at radius 3 is 2.83 bits per heavy atom. The summed E-state index contributed by atoms with van der Waals surface area (Å²) in [7, 11) is 0. The third kappa shape index (κ3) is 5.01. The lowest BCUT2D eigenvalue weighted by molar-refractivity contribution is -0.144. The molecule has 0 radical (unpaired) electrons. The van der Waals surface area contributed by atoms with Crippen LogP contribution in [0, 0.1) is 35.4 Å². The molecule has 1 unspecified atom stereocenters. The fourth-order valence-electron chi connectivity index (χ4n) is 6.64. The van der Waals surface area contributed by atoms with Crippen molar-refractivity contribution in [3.8, 4) is 11.1 Å². The van der Waals surface area contributed by atoms with Crippen LogP contribution in [0.15, 0.2) is 48.7 Å². The van der Waals surface area contributed by atoms with Gasteiger partial charge in [-0.25, -0.2) is 9.18 Å². The number of halogens is 1. The standard InChI is InChI=1S/C29H33FN2O4/c1-3-35-29(34)32-23-10-11-24-20(14-23)15-26-27(17(2)36-28(26)33)25(24)12-9-22-8-7-19(16-31-22)18-5-4-6-21(30)13-18/h4-9,12-13,16-17,20,23-27H,3,10-11,14-15H2,1-2H3,(H,32,34)/b12-9+/t17-,20+,23-,24-,25+,26?,27+/m1/s1. The summed E-state index contributed by atoms with van der Waals surface area (Å²) in [5.74, 6) is 0.629. The molecular formula is C29H33FN2O4. The van der Waals surface area contributed by atoms with E-state index in [1.807, 2.05) is 31.2 Å². The average molecular weight is 493 g/mol. The van der Waals surface area contributed by atoms with Crippen LogP contribution in [-0.2, 0) is 14.3 Å². The lowest BCUT2D eigenvalue weighted by atomic mass is 9.57. The Balaban J connectivity index is 1.34. The molecule has 5 rings (SSSR count). The zero-order valence-corrected chi connectivity index (χ0v) is 20.7. The number of amides is 1. The van der Waals surface area contributed by atoms with Gasteiger partial charge in [0.15, 0.2) is 0 Å². The minimum atomic E-state index is -0.368. The predicted octanol–water partition coefficient (Wildman–Crippen LogP) is 5.63. The van der Waals surface area contributed by atoms with E-state index < -0.39 is 0 Å². The lowest BCUT2D eigenvalue weighted by Crippen LogP contribution is -2.48. The average Bonchev–Trinajstić information content (AvgIpc) is 3.15. The summed E-state index contributed by atoms with van der Waals surface area (Å²) >= 11 is 0. The number of hydrogen-bond donors (Lipinski definition) is 1. The van der Waals surface area contributed by atoms with Crippen molar-refractivity contribution in [2.75, 3.05) is 6.61 Å². The van der Waals surface area contributed by atoms with E-state index in [2.05, 4.69) is 16.4 Å². The van der Waals surface area contributed by atoms with Crippen LogP contribution in [-0.4, -0.2) is 35.8 Å². The van der Waals surface area contributed by atoms with E-state index >= 15 is 0 Å². The largest absolute Gasteiger partial charge is 0.462 e. The quantitative estimate of drug-likeness (QED) is 0.548. The van der Waals surface area contributed by atoms with E-state index in [0.29, 0.717) is 18.4 Å². The molecule has 190 valence electrons. The summed E-state index contributed by atoms with van der Waals surface area (Å²) in [6.07, 6.45) is 9.07. The number of esters is 1. The molecule has 1 aromatic carbocycles. The Morgan fingerprint density at radius 2 is 2.08 bits per heavy atom. The molecule has 2 saturated carbocycles. The number of alkyl carbamates (subject to hydrolysis) is 1. The normalized spacial score (nSPS) is 31.4. The molecule has 2 aromatic rings. The highest BCUT2D eigenvalue weighted by atomic mass is 19.1. The third-order valence-electron chi connectivity index (χ3n) is 8.18. The molecule has 3 aliphatic rings. The van der Waals surface area contributed by atoms with Crippen molar-refractivity contribution >= 4 is 18.1 Å². The summed E-state index contributed by atoms with van der Waals surface area (Å²) in [6, 6.07) is 10.4. The molecule has 1 saturated heterocycles. The van der Waals surface area contributed by atoms with Crippen LogP contribution in [0.2, 0.25) is 0 Å². The minimum Gasteiger partial charge on any atom is -0.462 e. The first kappa shape index (κ1) is 24.5. The van der Waals surface area contributed by atoms with Gasteiger partial charge in [0.1, 0.15) is 11.9 Å². The monoisotopic (exact) mass is 492 g/mol. The van der Waals surface area contributed by atoms with Crippen LogP contribution >= 0.6 is 0 Å². The Labute approximate surface area is 211 Å². The third-order valence-corrected chi connectivity index (χ3v) is 8.18. The number of aromatic nitrogens is 1. The SMILES string of the molecule is CCOC(=O)N[C@@H]1CC[C@@H]2[C@H](CC3C(=O)O[C@H](C)[C@H]3[C@H]2/C=C/c2ccc(-c3cccc(F)c3)cn2)C1. The molecule has 36 heavy (non-hydrogen) atoms. The zero-order chi connectivity index (χ0) is 25.2. The zero-order valence-electron chi connectivity index (χ0n) is 20.7. The van der Waals surface area contributed by atoms with Crippen molar-refractivity contribution in [2.24, 2.45) is 29.6 Å². The van der Waals surface area contributed by atoms with Gasteiger partial charge in [0, 0.05) is 23.7 Å². The summed E-state index contributed by atoms with van der Waals surface area (Å²) in [5.41, 5.74) is 2.48. The molecule has 1 aliphatic heterocycles. The number of nitrogens with one attached hydrogen (secondary N) is 1. The van der Waals surface area contributed by atoms with E-state index in [0.717, 1.165) is 42.5 Å². The molecule has 2 heterocycles. The van der Waals surface area contributed by atoms with Crippen LogP contribution < -0.4 is 5.32 Å². The van der Waals surface area contributed by atoms with Gasteiger partial charge in [-0.2, -0.15) is 0 Å². The van der Waals surface area contributed by atoms with Gasteiger partial charge >= 0.3 is 12.1 Å². The molecule has 0 spiro atoms. The first-order chi connectivity index (χ1) is 17.4. The number of hydrogen-bond acceptors (Lipinski definition) is 5. The van der Waals surface area contributed by atoms with Crippen LogP contribution in [0.3, 0.4) is 0 Å². The van der Waals surface area contributed by atoms with Crippen LogP contribution in [0.4, 0.5) is 9.18 Å². The number of carbonyl (C=O) groups excluding carboxylic acids is 2. The molecule has 0 bridgehead atoms. The van der Waals surface area contributed by atoms with Gasteiger partial charge in [-0.1, -0.05) is 24.3 Å². The van der Waals surface area contributed by atoms with Gasteiger partial charge in [0.05, 0.1) is 18.2 Å². The first-order valence-corrected chi connectivity index (χ1v) is 13.0. The van der Waals surface area contributed by atoms with Crippen molar-refractivity contribution in [1.82, 2.24) is 10.3 Å². The number of cyclic esters (lactones) is 1. The Bertz CT molecular complexity index is 1130. The van der Waals surface area contributed by atoms with Gasteiger partial charge < -0.3 is 14.8 Å². The highest BCUT2D eigenvalue weighted by molar-refractivity contribution is 5.75. The van der Waals surface area contributed by atoms with Gasteiger partial charge in [-0.05, 0) is 87.1 Å². The van der Waals surface area contributed by atoms with Crippen LogP contribution in [0.1, 0.15) is 45.2 Å². The summed E-state index contributed by atoms with van der Waals surface area (Å²) in [4.78, 5) is 29.2. The van der Waals surface area contributed by atoms with E-state index in [1.54, 1.807) is 19.2 Å². The maximum Gasteiger partial charge on any atom is 0.407 e. The molecular weight excluding hydrogens is 459 g/mol. The second kappa shape index (κ2) is 10.4. The maximum atomic E-state index is 13.6. The topological polar surface area (TPSA) is 77.5 Å². The highest BCUT2D eigenvalue weighted by Gasteiger charge is 2.54. The van der Waals surface area contributed by atoms with Crippen molar-refractivity contribution < 1.29 is 23.5 Å². The van der Waals surface area contributed by atoms with Crippen molar-refractivity contribution in [3.63, 3.8) is 0 Å². The number of pyridine rings is 1. The molecule has 7 atom stereocenters. The molecule has 1 N–H and O–H groups in total. The number of nitrogens with zero attached hydrogens (tertiary/aromatic N) is 1. The van der Waals surface area contributed by atoms with Crippen molar-refractivity contribution in [2.45, 2.75) is 51.7 Å². The summed E-state index contributed by atoms with van der Waals surface area (Å²) < 4.78 is 24.3. The van der Waals surface area contributed by atoms with E-state index in [9.17, 15) is 14.0 Å². The highest BCUT2D eigenvalue weighted by Crippen LogP contribution is 2.53. The second-order valence-corrected chi connectivity index (χ2v) is 10.3. The van der Waals surface area contributed by atoms with Gasteiger partial charge in [-0.15, -0.1) is 0 Å². The van der Waals surface area contributed by atoms with E-state index in [1.165, 1.54) is 12.1 Å². The van der Waals surface area contributed by atoms with Gasteiger partial charge in [0.2, 0.25) is 0 Å². The fourth-order valence-corrected chi connectivity index (χ4v) is 6.64. The minimum absolute atomic E-state index is 0.0679. The second-order valence-electron chi connectivity index (χ2n) is 10.3. The smallest absolute Gasteiger partial charge is 0.407 e. The maximum absolute atomic E-state index is 13.6. The number of rotatable bonds is 5. The Hall–Kier alpha value is -3.22. The van der Waals surface area contributed by atoms with Crippen molar-refractivity contribution in [1.29, 1.82) is 0 Å². The molecule has 2 aliphatic carbocycles. The Morgan fingerprint density at radius 1 is 1.22 bits per heavy atom. The number of ether oxygens (including phenoxy) is 2. The van der Waals surface area contributed by atoms with E-state index in [-0.39, 0.29) is 47.8 Å². The molecule has 1 amide bonds. The van der Waals surface area contributed by atoms with Crippen molar-refractivity contribution in [3.05, 3.63) is 60.2 Å². The number of allylic oxidation sites excluding steroid dienone is 1. The Kier molecular flexibility index (Phi) is 7.08. The molecule has 1 aromatic heterocycles. The van der Waals surface area contributed by atoms with E-state index in [4.69, 9.17) is 9.47 Å². The number of fused-ring (bicyclic) bond motifs is 2. The molecule has 3 fully saturated rings. The molecule has 6 nitrogen and oxygen atoms in total. The number of benzene rings is 1. The summed E-state index contributed by atoms with van der Waals surface area (Å²) in [6.45, 7) is 4.15. The first-order valence-electron chi connectivity index (χ1n) is 13.0. The molecule has 7 heteroatoms. The fraction of sp³-hybridized carbons (Fsp3) is 0.483. The number of carbonyl (C=O) groups is 2.